The van der Waals surface area contributed by atoms with E-state index in [1.165, 1.54) is 0 Å². The summed E-state index contributed by atoms with van der Waals surface area (Å²) >= 11 is 0. The number of nitrogens with one attached hydrogen (secondary N) is 2. The maximum atomic E-state index is 13.8. The maximum Gasteiger partial charge on any atom is 0.270 e. The molecule has 1 aromatic carbocycles. The number of amides is 2. The minimum absolute atomic E-state index is 0.0473. The van der Waals surface area contributed by atoms with Gasteiger partial charge in [-0.2, -0.15) is 10.2 Å². The lowest BCUT2D eigenvalue weighted by Gasteiger charge is -2.28. The van der Waals surface area contributed by atoms with E-state index in [9.17, 15) is 9.59 Å². The number of carbonyl (C=O) groups excluding carboxylic acids is 2. The lowest BCUT2D eigenvalue weighted by molar-refractivity contribution is -0.119. The number of nitrogens with zero attached hydrogens (tertiary/aromatic N) is 4. The highest BCUT2D eigenvalue weighted by Gasteiger charge is 2.48. The SMILES string of the molecule is Cc1nn(COCC[Si](C)(C)C)c(C)c1-c1ccc(NC(=O)C(NC(=O)c2ccnn2C(C)C)C(C2CC2)C2CC2)cc1. The topological polar surface area (TPSA) is 103 Å². The molecule has 2 amide bonds. The normalized spacial score (nSPS) is 16.1. The monoisotopic (exact) mass is 604 g/mol. The second-order valence-corrected chi connectivity index (χ2v) is 19.5. The van der Waals surface area contributed by atoms with Crippen LogP contribution in [0.1, 0.15) is 67.4 Å². The Morgan fingerprint density at radius 2 is 1.67 bits per heavy atom. The summed E-state index contributed by atoms with van der Waals surface area (Å²) in [5, 5.41) is 15.3. The molecule has 0 saturated heterocycles. The fourth-order valence-electron chi connectivity index (χ4n) is 6.06. The summed E-state index contributed by atoms with van der Waals surface area (Å²) in [5.74, 6) is 0.727. The van der Waals surface area contributed by atoms with E-state index < -0.39 is 14.1 Å². The molecule has 1 atom stereocenters. The molecular weight excluding hydrogens is 556 g/mol. The zero-order valence-electron chi connectivity index (χ0n) is 26.8. The molecule has 5 rings (SSSR count). The van der Waals surface area contributed by atoms with Gasteiger partial charge in [-0.25, -0.2) is 4.68 Å². The van der Waals surface area contributed by atoms with Crippen molar-refractivity contribution in [3.05, 3.63) is 53.6 Å². The summed E-state index contributed by atoms with van der Waals surface area (Å²) in [4.78, 5) is 27.2. The number of aryl methyl sites for hydroxylation is 1. The molecule has 10 heteroatoms. The molecule has 0 aliphatic heterocycles. The average molecular weight is 605 g/mol. The van der Waals surface area contributed by atoms with Crippen LogP contribution in [-0.4, -0.2) is 52.1 Å². The van der Waals surface area contributed by atoms with Crippen molar-refractivity contribution in [3.63, 3.8) is 0 Å². The zero-order valence-corrected chi connectivity index (χ0v) is 27.8. The van der Waals surface area contributed by atoms with E-state index in [1.807, 2.05) is 49.7 Å². The van der Waals surface area contributed by atoms with Gasteiger partial charge < -0.3 is 15.4 Å². The number of hydrogen-bond acceptors (Lipinski definition) is 5. The molecule has 1 unspecified atom stereocenters. The molecule has 2 saturated carbocycles. The van der Waals surface area contributed by atoms with Crippen LogP contribution < -0.4 is 10.6 Å². The van der Waals surface area contributed by atoms with Gasteiger partial charge in [-0.1, -0.05) is 31.8 Å². The summed E-state index contributed by atoms with van der Waals surface area (Å²) in [5.41, 5.74) is 5.33. The van der Waals surface area contributed by atoms with Gasteiger partial charge in [0.2, 0.25) is 5.91 Å². The quantitative estimate of drug-likeness (QED) is 0.163. The first-order valence-electron chi connectivity index (χ1n) is 15.8. The van der Waals surface area contributed by atoms with Gasteiger partial charge in [0.1, 0.15) is 18.5 Å². The van der Waals surface area contributed by atoms with Crippen molar-refractivity contribution < 1.29 is 14.3 Å². The number of aromatic nitrogens is 4. The lowest BCUT2D eigenvalue weighted by Crippen LogP contribution is -2.50. The second-order valence-electron chi connectivity index (χ2n) is 13.9. The number of anilines is 1. The highest BCUT2D eigenvalue weighted by molar-refractivity contribution is 6.76. The average Bonchev–Trinajstić information content (AvgIpc) is 3.88. The number of rotatable bonds is 14. The van der Waals surface area contributed by atoms with E-state index in [0.717, 1.165) is 60.8 Å². The Morgan fingerprint density at radius 3 is 2.26 bits per heavy atom. The van der Waals surface area contributed by atoms with Gasteiger partial charge in [-0.3, -0.25) is 14.3 Å². The molecule has 0 radical (unpaired) electrons. The first-order valence-corrected chi connectivity index (χ1v) is 19.5. The molecular formula is C33H48N6O3Si. The van der Waals surface area contributed by atoms with Crippen LogP contribution >= 0.6 is 0 Å². The van der Waals surface area contributed by atoms with Crippen molar-refractivity contribution in [1.29, 1.82) is 0 Å². The van der Waals surface area contributed by atoms with Crippen LogP contribution in [-0.2, 0) is 16.3 Å². The number of ether oxygens (including phenoxy) is 1. The Hall–Kier alpha value is -3.24. The van der Waals surface area contributed by atoms with Crippen LogP contribution in [0.25, 0.3) is 11.1 Å². The number of benzene rings is 1. The first kappa shape index (κ1) is 31.2. The fraction of sp³-hybridized carbons (Fsp3) is 0.576. The molecule has 2 heterocycles. The molecule has 2 aromatic heterocycles. The molecule has 3 aromatic rings. The molecule has 0 spiro atoms. The molecule has 2 fully saturated rings. The van der Waals surface area contributed by atoms with Gasteiger partial charge in [-0.05, 0) is 101 Å². The third-order valence-corrected chi connectivity index (χ3v) is 10.4. The Labute approximate surface area is 256 Å². The van der Waals surface area contributed by atoms with Gasteiger partial charge >= 0.3 is 0 Å². The van der Waals surface area contributed by atoms with Gasteiger partial charge in [0.15, 0.2) is 0 Å². The highest BCUT2D eigenvalue weighted by atomic mass is 28.3. The van der Waals surface area contributed by atoms with E-state index in [0.29, 0.717) is 29.9 Å². The Kier molecular flexibility index (Phi) is 9.27. The fourth-order valence-corrected chi connectivity index (χ4v) is 6.82. The van der Waals surface area contributed by atoms with Gasteiger partial charge in [0.25, 0.3) is 5.91 Å². The molecule has 2 aliphatic carbocycles. The second kappa shape index (κ2) is 12.8. The zero-order chi connectivity index (χ0) is 30.9. The van der Waals surface area contributed by atoms with Crippen molar-refractivity contribution in [2.24, 2.45) is 17.8 Å². The molecule has 232 valence electrons. The maximum absolute atomic E-state index is 13.8. The minimum Gasteiger partial charge on any atom is -0.360 e. The molecule has 43 heavy (non-hydrogen) atoms. The van der Waals surface area contributed by atoms with Crippen molar-refractivity contribution in [1.82, 2.24) is 24.9 Å². The summed E-state index contributed by atoms with van der Waals surface area (Å²) in [7, 11) is -1.14. The van der Waals surface area contributed by atoms with Crippen molar-refractivity contribution in [2.75, 3.05) is 11.9 Å². The number of hydrogen-bond donors (Lipinski definition) is 2. The minimum atomic E-state index is -1.14. The third-order valence-electron chi connectivity index (χ3n) is 8.71. The predicted molar refractivity (Wildman–Crippen MR) is 173 cm³/mol. The third kappa shape index (κ3) is 7.65. The van der Waals surface area contributed by atoms with Gasteiger partial charge in [0, 0.05) is 43.9 Å². The smallest absolute Gasteiger partial charge is 0.270 e. The van der Waals surface area contributed by atoms with E-state index >= 15 is 0 Å². The Bertz CT molecular complexity index is 1420. The van der Waals surface area contributed by atoms with Crippen LogP contribution in [0.4, 0.5) is 5.69 Å². The highest BCUT2D eigenvalue weighted by Crippen LogP contribution is 2.51. The Morgan fingerprint density at radius 1 is 1.02 bits per heavy atom. The summed E-state index contributed by atoms with van der Waals surface area (Å²) in [6.07, 6.45) is 6.12. The van der Waals surface area contributed by atoms with E-state index in [-0.39, 0.29) is 23.8 Å². The lowest BCUT2D eigenvalue weighted by atomic mass is 9.88. The van der Waals surface area contributed by atoms with Crippen molar-refractivity contribution >= 4 is 25.6 Å². The van der Waals surface area contributed by atoms with Gasteiger partial charge in [0.05, 0.1) is 5.69 Å². The van der Waals surface area contributed by atoms with E-state index in [2.05, 4.69) is 42.3 Å². The van der Waals surface area contributed by atoms with Crippen LogP contribution in [0.2, 0.25) is 25.7 Å². The summed E-state index contributed by atoms with van der Waals surface area (Å²) in [6, 6.07) is 10.2. The van der Waals surface area contributed by atoms with E-state index in [4.69, 9.17) is 9.84 Å². The van der Waals surface area contributed by atoms with Crippen LogP contribution in [0.15, 0.2) is 36.5 Å². The van der Waals surface area contributed by atoms with Crippen LogP contribution in [0.3, 0.4) is 0 Å². The van der Waals surface area contributed by atoms with Crippen molar-refractivity contribution in [2.45, 2.75) is 97.9 Å². The Balaban J connectivity index is 1.29. The molecule has 2 aliphatic rings. The van der Waals surface area contributed by atoms with Gasteiger partial charge in [-0.15, -0.1) is 0 Å². The summed E-state index contributed by atoms with van der Waals surface area (Å²) < 4.78 is 9.59. The number of carbonyl (C=O) groups is 2. The first-order chi connectivity index (χ1) is 20.4. The van der Waals surface area contributed by atoms with E-state index in [1.54, 1.807) is 16.9 Å². The molecule has 9 nitrogen and oxygen atoms in total. The molecule has 2 N–H and O–H groups in total. The van der Waals surface area contributed by atoms with Crippen LogP contribution in [0, 0.1) is 31.6 Å². The molecule has 0 bridgehead atoms. The van der Waals surface area contributed by atoms with Crippen LogP contribution in [0.5, 0.6) is 0 Å². The standard InChI is InChI=1S/C33H48N6O3Si/c1-21(2)39-28(16-17-34-39)32(40)36-31(30(25-8-9-25)26-10-11-26)33(41)35-27-14-12-24(13-15-27)29-22(3)37-38(23(29)4)20-42-18-19-43(5,6)7/h12-17,21,25-26,30-31H,8-11,18-20H2,1-7H3,(H,35,41)(H,36,40). The predicted octanol–water partition coefficient (Wildman–Crippen LogP) is 6.43. The van der Waals surface area contributed by atoms with Crippen molar-refractivity contribution in [3.8, 4) is 11.1 Å². The summed E-state index contributed by atoms with van der Waals surface area (Å²) in [6.45, 7) is 16.3. The largest absolute Gasteiger partial charge is 0.360 e.